The number of pyridine rings is 1. The first-order valence-corrected chi connectivity index (χ1v) is 12.0. The number of aliphatic imine (C=N–C) groups is 1. The lowest BCUT2D eigenvalue weighted by molar-refractivity contribution is -0.670. The molecule has 3 aromatic carbocycles. The molecule has 0 aliphatic carbocycles. The lowest BCUT2D eigenvalue weighted by Gasteiger charge is -2.10. The normalized spacial score (nSPS) is 11.7. The minimum atomic E-state index is -0.507. The summed E-state index contributed by atoms with van der Waals surface area (Å²) in [7, 11) is 0. The van der Waals surface area contributed by atoms with Crippen LogP contribution in [0.2, 0.25) is 0 Å². The number of para-hydroxylation sites is 1. The fraction of sp³-hybridized carbons (Fsp3) is 0. The van der Waals surface area contributed by atoms with Crippen LogP contribution >= 0.6 is 11.3 Å². The molecular formula is C28H19N5O2S. The van der Waals surface area contributed by atoms with Crippen molar-refractivity contribution in [2.45, 2.75) is 0 Å². The molecule has 0 bridgehead atoms. The Labute approximate surface area is 210 Å². The van der Waals surface area contributed by atoms with Crippen LogP contribution in [0.15, 0.2) is 113 Å². The SMILES string of the molecule is Nc1c(/C([O-])=N/c2c[n+](-c3ccccc3)no2)sc2nc(-c3ccccc3)cc(-c3ccccc3)c12. The molecule has 0 aliphatic heterocycles. The minimum absolute atomic E-state index is 0.0851. The maximum absolute atomic E-state index is 13.2. The van der Waals surface area contributed by atoms with Crippen LogP contribution in [0, 0.1) is 0 Å². The van der Waals surface area contributed by atoms with Crippen molar-refractivity contribution in [2.24, 2.45) is 4.99 Å². The number of nitrogens with two attached hydrogens (primary N) is 1. The Kier molecular flexibility index (Phi) is 5.48. The fourth-order valence-corrected chi connectivity index (χ4v) is 5.03. The van der Waals surface area contributed by atoms with Gasteiger partial charge in [0.15, 0.2) is 0 Å². The Bertz CT molecular complexity index is 1690. The highest BCUT2D eigenvalue weighted by Crippen LogP contribution is 2.41. The second-order valence-corrected chi connectivity index (χ2v) is 9.05. The number of rotatable bonds is 5. The van der Waals surface area contributed by atoms with Crippen LogP contribution in [0.25, 0.3) is 38.3 Å². The van der Waals surface area contributed by atoms with Crippen molar-refractivity contribution >= 4 is 39.0 Å². The van der Waals surface area contributed by atoms with Crippen LogP contribution in [-0.2, 0) is 0 Å². The summed E-state index contributed by atoms with van der Waals surface area (Å²) in [5.41, 5.74) is 11.4. The van der Waals surface area contributed by atoms with Crippen LogP contribution in [0.5, 0.6) is 0 Å². The summed E-state index contributed by atoms with van der Waals surface area (Å²) in [6, 6.07) is 31.3. The van der Waals surface area contributed by atoms with E-state index in [4.69, 9.17) is 15.2 Å². The van der Waals surface area contributed by atoms with Crippen molar-refractivity contribution in [3.05, 3.63) is 108 Å². The van der Waals surface area contributed by atoms with E-state index in [2.05, 4.69) is 10.3 Å². The smallest absolute Gasteiger partial charge is 0.321 e. The zero-order valence-electron chi connectivity index (χ0n) is 18.9. The van der Waals surface area contributed by atoms with E-state index in [-0.39, 0.29) is 5.88 Å². The molecule has 36 heavy (non-hydrogen) atoms. The van der Waals surface area contributed by atoms with Gasteiger partial charge in [-0.3, -0.25) is 4.52 Å². The monoisotopic (exact) mass is 489 g/mol. The van der Waals surface area contributed by atoms with Crippen LogP contribution in [-0.4, -0.2) is 16.2 Å². The van der Waals surface area contributed by atoms with Gasteiger partial charge in [0.1, 0.15) is 4.83 Å². The van der Waals surface area contributed by atoms with Crippen LogP contribution in [0.4, 0.5) is 11.6 Å². The van der Waals surface area contributed by atoms with Gasteiger partial charge in [0.05, 0.1) is 16.3 Å². The predicted octanol–water partition coefficient (Wildman–Crippen LogP) is 4.92. The van der Waals surface area contributed by atoms with Crippen LogP contribution in [0.1, 0.15) is 4.88 Å². The summed E-state index contributed by atoms with van der Waals surface area (Å²) >= 11 is 1.22. The van der Waals surface area contributed by atoms with Gasteiger partial charge < -0.3 is 10.8 Å². The lowest BCUT2D eigenvalue weighted by Crippen LogP contribution is -2.30. The number of aromatic nitrogens is 3. The number of hydrogen-bond donors (Lipinski definition) is 1. The quantitative estimate of drug-likeness (QED) is 0.210. The lowest BCUT2D eigenvalue weighted by atomic mass is 9.99. The molecule has 2 N–H and O–H groups in total. The standard InChI is InChI=1S/C28H19N5O2S/c29-25-24-21(18-10-4-1-5-11-18)16-22(19-12-6-2-7-13-19)30-28(24)36-26(25)27(34)31-23-17-33(32-35-23)20-14-8-3-9-15-20/h1-17H,(H2-,29,31,32,34). The molecule has 174 valence electrons. The summed E-state index contributed by atoms with van der Waals surface area (Å²) in [6.45, 7) is 0. The molecule has 0 unspecified atom stereocenters. The van der Waals surface area contributed by atoms with Gasteiger partial charge in [0.2, 0.25) is 11.0 Å². The molecule has 0 aliphatic rings. The Balaban J connectivity index is 1.47. The van der Waals surface area contributed by atoms with E-state index < -0.39 is 5.90 Å². The molecule has 0 fully saturated rings. The molecule has 0 spiro atoms. The summed E-state index contributed by atoms with van der Waals surface area (Å²) in [5.74, 6) is -0.422. The molecule has 6 aromatic rings. The number of anilines is 1. The molecule has 3 heterocycles. The molecular weight excluding hydrogens is 470 g/mol. The highest BCUT2D eigenvalue weighted by molar-refractivity contribution is 7.21. The van der Waals surface area contributed by atoms with Crippen molar-refractivity contribution in [3.63, 3.8) is 0 Å². The van der Waals surface area contributed by atoms with E-state index in [9.17, 15) is 5.11 Å². The average molecular weight is 490 g/mol. The maximum Gasteiger partial charge on any atom is 0.321 e. The second kappa shape index (κ2) is 9.09. The Hall–Kier alpha value is -4.82. The zero-order valence-corrected chi connectivity index (χ0v) is 19.7. The average Bonchev–Trinajstić information content (AvgIpc) is 3.54. The summed E-state index contributed by atoms with van der Waals surface area (Å²) in [6.07, 6.45) is 1.55. The van der Waals surface area contributed by atoms with E-state index in [1.54, 1.807) is 6.20 Å². The third kappa shape index (κ3) is 3.99. The Morgan fingerprint density at radius 1 is 0.889 bits per heavy atom. The van der Waals surface area contributed by atoms with E-state index >= 15 is 0 Å². The number of fused-ring (bicyclic) bond motifs is 1. The molecule has 0 saturated heterocycles. The first-order valence-electron chi connectivity index (χ1n) is 11.2. The first kappa shape index (κ1) is 21.7. The molecule has 6 rings (SSSR count). The predicted molar refractivity (Wildman–Crippen MR) is 139 cm³/mol. The molecule has 3 aromatic heterocycles. The molecule has 0 amide bonds. The largest absolute Gasteiger partial charge is 0.857 e. The van der Waals surface area contributed by atoms with Gasteiger partial charge >= 0.3 is 5.88 Å². The van der Waals surface area contributed by atoms with Gasteiger partial charge in [-0.1, -0.05) is 78.9 Å². The topological polar surface area (TPSA) is 104 Å². The fourth-order valence-electron chi connectivity index (χ4n) is 4.02. The highest BCUT2D eigenvalue weighted by Gasteiger charge is 2.19. The van der Waals surface area contributed by atoms with Crippen LogP contribution < -0.4 is 15.5 Å². The van der Waals surface area contributed by atoms with E-state index in [1.165, 1.54) is 16.0 Å². The van der Waals surface area contributed by atoms with Gasteiger partial charge in [-0.15, -0.1) is 11.3 Å². The van der Waals surface area contributed by atoms with Gasteiger partial charge in [-0.05, 0) is 21.9 Å². The Morgan fingerprint density at radius 3 is 2.22 bits per heavy atom. The van der Waals surface area contributed by atoms with Gasteiger partial charge in [-0.25, -0.2) is 9.98 Å². The van der Waals surface area contributed by atoms with Gasteiger partial charge in [0, 0.05) is 29.0 Å². The number of hydrogen-bond acceptors (Lipinski definition) is 7. The molecule has 0 radical (unpaired) electrons. The van der Waals surface area contributed by atoms with Crippen molar-refractivity contribution in [1.29, 1.82) is 0 Å². The Morgan fingerprint density at radius 2 is 1.53 bits per heavy atom. The van der Waals surface area contributed by atoms with E-state index in [0.717, 1.165) is 33.5 Å². The van der Waals surface area contributed by atoms with Crippen molar-refractivity contribution in [3.8, 4) is 28.1 Å². The number of benzene rings is 3. The second-order valence-electron chi connectivity index (χ2n) is 8.05. The van der Waals surface area contributed by atoms with Crippen molar-refractivity contribution < 1.29 is 14.3 Å². The number of nitrogens with zero attached hydrogens (tertiary/aromatic N) is 4. The third-order valence-electron chi connectivity index (χ3n) is 5.74. The number of thiophene rings is 1. The maximum atomic E-state index is 13.2. The third-order valence-corrected chi connectivity index (χ3v) is 6.82. The summed E-state index contributed by atoms with van der Waals surface area (Å²) in [4.78, 5) is 9.96. The minimum Gasteiger partial charge on any atom is -0.857 e. The molecule has 7 nitrogen and oxygen atoms in total. The summed E-state index contributed by atoms with van der Waals surface area (Å²) in [5, 5.41) is 17.9. The zero-order chi connectivity index (χ0) is 24.5. The van der Waals surface area contributed by atoms with Crippen LogP contribution in [0.3, 0.4) is 0 Å². The first-order chi connectivity index (χ1) is 17.7. The highest BCUT2D eigenvalue weighted by atomic mass is 32.1. The van der Waals surface area contributed by atoms with Crippen molar-refractivity contribution in [2.75, 3.05) is 5.73 Å². The van der Waals surface area contributed by atoms with E-state index in [0.29, 0.717) is 15.4 Å². The molecule has 0 atom stereocenters. The number of nitrogen functional groups attached to an aromatic ring is 1. The van der Waals surface area contributed by atoms with Crippen molar-refractivity contribution in [1.82, 2.24) is 10.3 Å². The summed E-state index contributed by atoms with van der Waals surface area (Å²) < 4.78 is 6.78. The molecule has 0 saturated carbocycles. The van der Waals surface area contributed by atoms with Gasteiger partial charge in [-0.2, -0.15) is 0 Å². The van der Waals surface area contributed by atoms with E-state index in [1.807, 2.05) is 97.1 Å². The van der Waals surface area contributed by atoms with Gasteiger partial charge in [0.25, 0.3) is 6.20 Å². The molecule has 8 heteroatoms.